The number of rotatable bonds is 3. The monoisotopic (exact) mass is 310 g/mol. The highest BCUT2D eigenvalue weighted by Gasteiger charge is 2.08. The van der Waals surface area contributed by atoms with Gasteiger partial charge in [0.25, 0.3) is 0 Å². The number of halogens is 1. The predicted octanol–water partition coefficient (Wildman–Crippen LogP) is 5.07. The molecule has 0 amide bonds. The van der Waals surface area contributed by atoms with Gasteiger partial charge < -0.3 is 0 Å². The molecule has 3 rings (SSSR count). The molecule has 0 aliphatic rings. The number of aromatic nitrogens is 2. The van der Waals surface area contributed by atoms with Crippen molar-refractivity contribution in [3.63, 3.8) is 0 Å². The predicted molar refractivity (Wildman–Crippen MR) is 78.8 cm³/mol. The lowest BCUT2D eigenvalue weighted by molar-refractivity contribution is 1.23. The quantitative estimate of drug-likeness (QED) is 0.675. The van der Waals surface area contributed by atoms with Gasteiger partial charge >= 0.3 is 0 Å². The van der Waals surface area contributed by atoms with Crippen molar-refractivity contribution in [2.75, 3.05) is 0 Å². The van der Waals surface area contributed by atoms with E-state index in [1.54, 1.807) is 23.1 Å². The maximum absolute atomic E-state index is 5.85. The van der Waals surface area contributed by atoms with Crippen LogP contribution in [0, 0.1) is 0 Å². The van der Waals surface area contributed by atoms with Crippen molar-refractivity contribution >= 4 is 46.2 Å². The molecule has 0 aliphatic heterocycles. The minimum Gasteiger partial charge on any atom is -0.207 e. The Morgan fingerprint density at radius 1 is 1.11 bits per heavy atom. The first-order valence-electron chi connectivity index (χ1n) is 5.12. The van der Waals surface area contributed by atoms with Crippen molar-refractivity contribution in [3.05, 3.63) is 46.8 Å². The van der Waals surface area contributed by atoms with Crippen LogP contribution in [-0.4, -0.2) is 9.36 Å². The van der Waals surface area contributed by atoms with Crippen LogP contribution in [0.15, 0.2) is 51.0 Å². The Kier molecular flexibility index (Phi) is 3.65. The van der Waals surface area contributed by atoms with Crippen LogP contribution in [0.3, 0.4) is 0 Å². The summed E-state index contributed by atoms with van der Waals surface area (Å²) in [4.78, 5) is 6.74. The summed E-state index contributed by atoms with van der Waals surface area (Å²) < 4.78 is 5.31. The molecule has 2 aromatic heterocycles. The molecule has 0 N–H and O–H groups in total. The standard InChI is InChI=1S/C12H7ClN2S3/c13-8-3-5-9(6-4-8)17-12-14-11(15-18-12)10-2-1-7-16-10/h1-7H. The second-order valence-corrected chi connectivity index (χ2v) is 6.87. The van der Waals surface area contributed by atoms with E-state index in [0.29, 0.717) is 0 Å². The van der Waals surface area contributed by atoms with Crippen molar-refractivity contribution < 1.29 is 0 Å². The fraction of sp³-hybridized carbons (Fsp3) is 0. The maximum atomic E-state index is 5.85. The van der Waals surface area contributed by atoms with E-state index in [2.05, 4.69) is 9.36 Å². The third-order valence-electron chi connectivity index (χ3n) is 2.17. The lowest BCUT2D eigenvalue weighted by Crippen LogP contribution is -1.75. The zero-order chi connectivity index (χ0) is 12.4. The van der Waals surface area contributed by atoms with Gasteiger partial charge in [-0.05, 0) is 47.2 Å². The van der Waals surface area contributed by atoms with Gasteiger partial charge in [0.1, 0.15) is 0 Å². The van der Waals surface area contributed by atoms with Crippen molar-refractivity contribution in [3.8, 4) is 10.7 Å². The SMILES string of the molecule is Clc1ccc(Sc2nc(-c3cccs3)ns2)cc1. The van der Waals surface area contributed by atoms with Crippen molar-refractivity contribution in [2.45, 2.75) is 9.24 Å². The van der Waals surface area contributed by atoms with Crippen molar-refractivity contribution in [2.24, 2.45) is 0 Å². The number of nitrogens with zero attached hydrogens (tertiary/aromatic N) is 2. The van der Waals surface area contributed by atoms with Gasteiger partial charge in [0.05, 0.1) is 4.88 Å². The van der Waals surface area contributed by atoms with Crippen LogP contribution in [0.5, 0.6) is 0 Å². The van der Waals surface area contributed by atoms with E-state index in [1.807, 2.05) is 41.8 Å². The van der Waals surface area contributed by atoms with Crippen LogP contribution < -0.4 is 0 Å². The van der Waals surface area contributed by atoms with Gasteiger partial charge in [-0.2, -0.15) is 4.37 Å². The highest BCUT2D eigenvalue weighted by atomic mass is 35.5. The second-order valence-electron chi connectivity index (χ2n) is 3.42. The fourth-order valence-corrected chi connectivity index (χ4v) is 3.79. The number of thiophene rings is 1. The average molecular weight is 311 g/mol. The first-order chi connectivity index (χ1) is 8.81. The molecule has 0 unspecified atom stereocenters. The molecule has 3 aromatic rings. The molecule has 0 aliphatic carbocycles. The van der Waals surface area contributed by atoms with Crippen LogP contribution in [0.25, 0.3) is 10.7 Å². The van der Waals surface area contributed by atoms with Crippen LogP contribution in [0.2, 0.25) is 5.02 Å². The summed E-state index contributed by atoms with van der Waals surface area (Å²) in [6, 6.07) is 11.8. The highest BCUT2D eigenvalue weighted by molar-refractivity contribution is 8.01. The Labute approximate surface area is 122 Å². The molecule has 90 valence electrons. The second kappa shape index (κ2) is 5.40. The van der Waals surface area contributed by atoms with Gasteiger partial charge in [0, 0.05) is 9.92 Å². The largest absolute Gasteiger partial charge is 0.207 e. The van der Waals surface area contributed by atoms with E-state index in [1.165, 1.54) is 11.5 Å². The molecule has 0 saturated carbocycles. The number of benzene rings is 1. The molecular formula is C12H7ClN2S3. The van der Waals surface area contributed by atoms with E-state index in [0.717, 1.165) is 25.0 Å². The van der Waals surface area contributed by atoms with E-state index in [4.69, 9.17) is 11.6 Å². The first-order valence-corrected chi connectivity index (χ1v) is 7.97. The van der Waals surface area contributed by atoms with E-state index in [-0.39, 0.29) is 0 Å². The van der Waals surface area contributed by atoms with Crippen LogP contribution in [0.4, 0.5) is 0 Å². The Morgan fingerprint density at radius 2 is 1.94 bits per heavy atom. The molecular weight excluding hydrogens is 304 g/mol. The molecule has 0 radical (unpaired) electrons. The summed E-state index contributed by atoms with van der Waals surface area (Å²) in [6.45, 7) is 0. The number of hydrogen-bond donors (Lipinski definition) is 0. The molecule has 0 spiro atoms. The average Bonchev–Trinajstić information content (AvgIpc) is 3.02. The summed E-state index contributed by atoms with van der Waals surface area (Å²) in [7, 11) is 0. The maximum Gasteiger partial charge on any atom is 0.184 e. The van der Waals surface area contributed by atoms with Crippen LogP contribution in [0.1, 0.15) is 0 Å². The van der Waals surface area contributed by atoms with Gasteiger partial charge in [0.2, 0.25) is 0 Å². The Morgan fingerprint density at radius 3 is 2.67 bits per heavy atom. The summed E-state index contributed by atoms with van der Waals surface area (Å²) in [5.41, 5.74) is 0. The summed E-state index contributed by atoms with van der Waals surface area (Å²) >= 11 is 10.5. The van der Waals surface area contributed by atoms with Gasteiger partial charge in [0.15, 0.2) is 10.2 Å². The van der Waals surface area contributed by atoms with Gasteiger partial charge in [-0.1, -0.05) is 29.4 Å². The third kappa shape index (κ3) is 2.75. The van der Waals surface area contributed by atoms with Crippen molar-refractivity contribution in [1.82, 2.24) is 9.36 Å². The van der Waals surface area contributed by atoms with Crippen molar-refractivity contribution in [1.29, 1.82) is 0 Å². The topological polar surface area (TPSA) is 25.8 Å². The zero-order valence-corrected chi connectivity index (χ0v) is 12.2. The minimum absolute atomic E-state index is 0.746. The Balaban J connectivity index is 1.80. The fourth-order valence-electron chi connectivity index (χ4n) is 1.36. The highest BCUT2D eigenvalue weighted by Crippen LogP contribution is 2.32. The molecule has 0 bridgehead atoms. The number of hydrogen-bond acceptors (Lipinski definition) is 5. The lowest BCUT2D eigenvalue weighted by atomic mass is 10.4. The summed E-state index contributed by atoms with van der Waals surface area (Å²) in [5.74, 6) is 0.812. The van der Waals surface area contributed by atoms with E-state index < -0.39 is 0 Å². The molecule has 1 aromatic carbocycles. The molecule has 18 heavy (non-hydrogen) atoms. The smallest absolute Gasteiger partial charge is 0.184 e. The third-order valence-corrected chi connectivity index (χ3v) is 5.04. The first kappa shape index (κ1) is 12.2. The lowest BCUT2D eigenvalue weighted by Gasteiger charge is -1.96. The molecule has 0 fully saturated rings. The van der Waals surface area contributed by atoms with Gasteiger partial charge in [-0.25, -0.2) is 4.98 Å². The van der Waals surface area contributed by atoms with E-state index >= 15 is 0 Å². The Hall–Kier alpha value is -0.880. The normalized spacial score (nSPS) is 10.7. The minimum atomic E-state index is 0.746. The van der Waals surface area contributed by atoms with Gasteiger partial charge in [-0.3, -0.25) is 0 Å². The van der Waals surface area contributed by atoms with Gasteiger partial charge in [-0.15, -0.1) is 11.3 Å². The summed E-state index contributed by atoms with van der Waals surface area (Å²) in [6.07, 6.45) is 0. The Bertz CT molecular complexity index is 632. The molecule has 0 saturated heterocycles. The van der Waals surface area contributed by atoms with E-state index in [9.17, 15) is 0 Å². The molecule has 2 heterocycles. The molecule has 2 nitrogen and oxygen atoms in total. The zero-order valence-electron chi connectivity index (χ0n) is 9.04. The van der Waals surface area contributed by atoms with Crippen LogP contribution >= 0.6 is 46.2 Å². The molecule has 0 atom stereocenters. The van der Waals surface area contributed by atoms with Crippen LogP contribution in [-0.2, 0) is 0 Å². The summed E-state index contributed by atoms with van der Waals surface area (Å²) in [5, 5.41) is 2.78. The molecule has 6 heteroatoms.